The van der Waals surface area contributed by atoms with Gasteiger partial charge in [0, 0.05) is 11.1 Å². The maximum Gasteiger partial charge on any atom is 0.259 e. The third-order valence-electron chi connectivity index (χ3n) is 4.25. The molecule has 0 saturated carbocycles. The van der Waals surface area contributed by atoms with Gasteiger partial charge in [-0.2, -0.15) is 5.10 Å². The van der Waals surface area contributed by atoms with Gasteiger partial charge in [0.05, 0.1) is 30.4 Å². The second-order valence-electron chi connectivity index (χ2n) is 6.37. The van der Waals surface area contributed by atoms with Crippen molar-refractivity contribution >= 4 is 44.5 Å². The van der Waals surface area contributed by atoms with Crippen LogP contribution >= 0.6 is 15.9 Å². The third kappa shape index (κ3) is 5.51. The fourth-order valence-corrected chi connectivity index (χ4v) is 3.56. The van der Waals surface area contributed by atoms with Gasteiger partial charge in [-0.1, -0.05) is 36.4 Å². The number of carbonyl (C=O) groups excluding carboxylic acids is 1. The molecule has 0 fully saturated rings. The predicted molar refractivity (Wildman–Crippen MR) is 125 cm³/mol. The van der Waals surface area contributed by atoms with Crippen LogP contribution in [0.15, 0.2) is 64.2 Å². The van der Waals surface area contributed by atoms with Crippen LogP contribution in [0.5, 0.6) is 11.5 Å². The molecule has 3 aromatic carbocycles. The Hall–Kier alpha value is -3.06. The van der Waals surface area contributed by atoms with E-state index in [4.69, 9.17) is 9.47 Å². The monoisotopic (exact) mass is 469 g/mol. The van der Waals surface area contributed by atoms with Crippen molar-refractivity contribution in [2.75, 3.05) is 25.1 Å². The summed E-state index contributed by atoms with van der Waals surface area (Å²) in [5.74, 6) is 1.04. The molecule has 6 nitrogen and oxygen atoms in total. The minimum absolute atomic E-state index is 0.114. The SMILES string of the molecule is CCOc1cc(/C=N\NC(=O)CNc2cccc3ccccc23)cc(Br)c1OCC. The number of nitrogens with one attached hydrogen (secondary N) is 2. The molecule has 0 radical (unpaired) electrons. The molecule has 156 valence electrons. The average Bonchev–Trinajstić information content (AvgIpc) is 2.75. The maximum absolute atomic E-state index is 12.2. The van der Waals surface area contributed by atoms with Gasteiger partial charge in [0.25, 0.3) is 5.91 Å². The minimum atomic E-state index is -0.241. The normalized spacial score (nSPS) is 10.9. The van der Waals surface area contributed by atoms with Gasteiger partial charge in [0.2, 0.25) is 0 Å². The molecule has 1 amide bonds. The standard InChI is InChI=1S/C23H24BrN3O3/c1-3-29-21-13-16(12-19(24)23(21)30-4-2)14-26-27-22(28)15-25-20-11-7-9-17-8-5-6-10-18(17)20/h5-14,25H,3-4,15H2,1-2H3,(H,27,28)/b26-14-. The van der Waals surface area contributed by atoms with E-state index in [0.717, 1.165) is 26.5 Å². The zero-order valence-corrected chi connectivity index (χ0v) is 18.5. The van der Waals surface area contributed by atoms with Crippen molar-refractivity contribution < 1.29 is 14.3 Å². The first-order valence-corrected chi connectivity index (χ1v) is 10.5. The van der Waals surface area contributed by atoms with Crippen LogP contribution in [0.25, 0.3) is 10.8 Å². The van der Waals surface area contributed by atoms with Crippen molar-refractivity contribution in [3.63, 3.8) is 0 Å². The van der Waals surface area contributed by atoms with E-state index in [9.17, 15) is 4.79 Å². The number of carbonyl (C=O) groups is 1. The summed E-state index contributed by atoms with van der Waals surface area (Å²) in [6, 6.07) is 17.7. The second kappa shape index (κ2) is 10.6. The lowest BCUT2D eigenvalue weighted by atomic mass is 10.1. The number of hydrogen-bond acceptors (Lipinski definition) is 5. The molecule has 0 aliphatic rings. The predicted octanol–water partition coefficient (Wildman–Crippen LogP) is 4.96. The highest BCUT2D eigenvalue weighted by Crippen LogP contribution is 2.36. The molecule has 0 aromatic heterocycles. The van der Waals surface area contributed by atoms with Gasteiger partial charge in [-0.25, -0.2) is 5.43 Å². The van der Waals surface area contributed by atoms with Gasteiger partial charge >= 0.3 is 0 Å². The molecular formula is C23H24BrN3O3. The molecule has 0 spiro atoms. The van der Waals surface area contributed by atoms with E-state index in [0.29, 0.717) is 24.7 Å². The van der Waals surface area contributed by atoms with E-state index >= 15 is 0 Å². The highest BCUT2D eigenvalue weighted by atomic mass is 79.9. The maximum atomic E-state index is 12.2. The highest BCUT2D eigenvalue weighted by molar-refractivity contribution is 9.10. The lowest BCUT2D eigenvalue weighted by Crippen LogP contribution is -2.25. The first-order valence-electron chi connectivity index (χ1n) is 9.75. The molecule has 0 heterocycles. The molecule has 0 bridgehead atoms. The fraction of sp³-hybridized carbons (Fsp3) is 0.217. The number of hydrogen-bond donors (Lipinski definition) is 2. The molecule has 0 aliphatic heterocycles. The van der Waals surface area contributed by atoms with Crippen molar-refractivity contribution in [2.45, 2.75) is 13.8 Å². The number of fused-ring (bicyclic) bond motifs is 1. The van der Waals surface area contributed by atoms with Gasteiger partial charge in [-0.05, 0) is 58.9 Å². The minimum Gasteiger partial charge on any atom is -0.490 e. The molecule has 2 N–H and O–H groups in total. The molecule has 3 rings (SSSR count). The lowest BCUT2D eigenvalue weighted by Gasteiger charge is -2.13. The Labute approximate surface area is 184 Å². The van der Waals surface area contributed by atoms with Gasteiger partial charge in [0.15, 0.2) is 11.5 Å². The van der Waals surface area contributed by atoms with Crippen molar-refractivity contribution in [1.29, 1.82) is 0 Å². The smallest absolute Gasteiger partial charge is 0.259 e. The van der Waals surface area contributed by atoms with E-state index in [2.05, 4.69) is 31.8 Å². The molecular weight excluding hydrogens is 446 g/mol. The van der Waals surface area contributed by atoms with Crippen molar-refractivity contribution in [2.24, 2.45) is 5.10 Å². The Bertz CT molecular complexity index is 1050. The largest absolute Gasteiger partial charge is 0.490 e. The number of anilines is 1. The number of ether oxygens (including phenoxy) is 2. The zero-order valence-electron chi connectivity index (χ0n) is 16.9. The molecule has 0 atom stereocenters. The van der Waals surface area contributed by atoms with E-state index in [1.807, 2.05) is 68.4 Å². The van der Waals surface area contributed by atoms with Crippen molar-refractivity contribution in [3.8, 4) is 11.5 Å². The van der Waals surface area contributed by atoms with Crippen LogP contribution in [0.1, 0.15) is 19.4 Å². The van der Waals surface area contributed by atoms with Gasteiger partial charge in [-0.15, -0.1) is 0 Å². The first-order chi connectivity index (χ1) is 14.6. The van der Waals surface area contributed by atoms with E-state index in [-0.39, 0.29) is 12.5 Å². The van der Waals surface area contributed by atoms with Gasteiger partial charge in [0.1, 0.15) is 0 Å². The average molecular weight is 470 g/mol. The van der Waals surface area contributed by atoms with Gasteiger partial charge < -0.3 is 14.8 Å². The Morgan fingerprint density at radius 1 is 1.07 bits per heavy atom. The topological polar surface area (TPSA) is 72.0 Å². The summed E-state index contributed by atoms with van der Waals surface area (Å²) in [6.45, 7) is 4.99. The van der Waals surface area contributed by atoms with Crippen LogP contribution < -0.4 is 20.2 Å². The quantitative estimate of drug-likeness (QED) is 0.343. The Morgan fingerprint density at radius 2 is 1.83 bits per heavy atom. The Balaban J connectivity index is 1.61. The molecule has 0 saturated heterocycles. The van der Waals surface area contributed by atoms with Crippen molar-refractivity contribution in [1.82, 2.24) is 5.43 Å². The van der Waals surface area contributed by atoms with E-state index < -0.39 is 0 Å². The van der Waals surface area contributed by atoms with Crippen LogP contribution in [0.3, 0.4) is 0 Å². The summed E-state index contributed by atoms with van der Waals surface area (Å²) >= 11 is 3.50. The summed E-state index contributed by atoms with van der Waals surface area (Å²) in [5, 5.41) is 9.40. The van der Waals surface area contributed by atoms with Crippen LogP contribution in [-0.2, 0) is 4.79 Å². The Morgan fingerprint density at radius 3 is 2.63 bits per heavy atom. The summed E-state index contributed by atoms with van der Waals surface area (Å²) in [7, 11) is 0. The summed E-state index contributed by atoms with van der Waals surface area (Å²) in [6.07, 6.45) is 1.57. The number of amides is 1. The summed E-state index contributed by atoms with van der Waals surface area (Å²) in [5.41, 5.74) is 4.22. The molecule has 7 heteroatoms. The number of rotatable bonds is 9. The number of halogens is 1. The third-order valence-corrected chi connectivity index (χ3v) is 4.84. The summed E-state index contributed by atoms with van der Waals surface area (Å²) < 4.78 is 12.0. The van der Waals surface area contributed by atoms with Gasteiger partial charge in [-0.3, -0.25) is 4.79 Å². The second-order valence-corrected chi connectivity index (χ2v) is 7.22. The molecule has 0 unspecified atom stereocenters. The Kier molecular flexibility index (Phi) is 7.68. The highest BCUT2D eigenvalue weighted by Gasteiger charge is 2.11. The number of benzene rings is 3. The molecule has 3 aromatic rings. The number of hydrazone groups is 1. The molecule has 30 heavy (non-hydrogen) atoms. The fourth-order valence-electron chi connectivity index (χ4n) is 2.98. The summed E-state index contributed by atoms with van der Waals surface area (Å²) in [4.78, 5) is 12.2. The lowest BCUT2D eigenvalue weighted by molar-refractivity contribution is -0.119. The van der Waals surface area contributed by atoms with Crippen LogP contribution in [-0.4, -0.2) is 31.9 Å². The zero-order chi connectivity index (χ0) is 21.3. The number of nitrogens with zero attached hydrogens (tertiary/aromatic N) is 1. The van der Waals surface area contributed by atoms with E-state index in [1.165, 1.54) is 0 Å². The van der Waals surface area contributed by atoms with Crippen LogP contribution in [0.2, 0.25) is 0 Å². The first kappa shape index (κ1) is 21.6. The van der Waals surface area contributed by atoms with E-state index in [1.54, 1.807) is 6.21 Å². The van der Waals surface area contributed by atoms with Crippen LogP contribution in [0.4, 0.5) is 5.69 Å². The van der Waals surface area contributed by atoms with Crippen molar-refractivity contribution in [3.05, 3.63) is 64.6 Å². The van der Waals surface area contributed by atoms with Crippen LogP contribution in [0, 0.1) is 0 Å². The molecule has 0 aliphatic carbocycles.